The van der Waals surface area contributed by atoms with Gasteiger partial charge in [0.25, 0.3) is 11.1 Å². The number of benzene rings is 1. The molecule has 2 aliphatic rings. The molecule has 0 bridgehead atoms. The summed E-state index contributed by atoms with van der Waals surface area (Å²) in [5, 5.41) is 10.6. The molecule has 3 amide bonds. The Bertz CT molecular complexity index is 864. The quantitative estimate of drug-likeness (QED) is 0.409. The first kappa shape index (κ1) is 19.8. The molecule has 2 fully saturated rings. The van der Waals surface area contributed by atoms with Crippen LogP contribution in [0.25, 0.3) is 6.08 Å². The van der Waals surface area contributed by atoms with Crippen molar-refractivity contribution in [2.75, 3.05) is 40.0 Å². The number of imide groups is 1. The summed E-state index contributed by atoms with van der Waals surface area (Å²) in [5.41, 5.74) is 0.121. The van der Waals surface area contributed by atoms with E-state index >= 15 is 0 Å². The summed E-state index contributed by atoms with van der Waals surface area (Å²) in [7, 11) is 1.32. The molecule has 0 aromatic heterocycles. The van der Waals surface area contributed by atoms with Crippen molar-refractivity contribution in [3.05, 3.63) is 38.8 Å². The normalized spacial score (nSPS) is 18.7. The number of nitro benzene ring substituents is 1. The number of nitro groups is 1. The minimum absolute atomic E-state index is 0.0892. The largest absolute Gasteiger partial charge is 0.490 e. The molecule has 0 saturated carbocycles. The van der Waals surface area contributed by atoms with Crippen LogP contribution in [0.2, 0.25) is 0 Å². The van der Waals surface area contributed by atoms with E-state index in [0.29, 0.717) is 43.6 Å². The van der Waals surface area contributed by atoms with Gasteiger partial charge in [0.1, 0.15) is 6.54 Å². The van der Waals surface area contributed by atoms with Gasteiger partial charge in [-0.3, -0.25) is 29.4 Å². The molecule has 11 heteroatoms. The van der Waals surface area contributed by atoms with Gasteiger partial charge in [0.05, 0.1) is 30.2 Å². The van der Waals surface area contributed by atoms with Gasteiger partial charge in [-0.2, -0.15) is 0 Å². The van der Waals surface area contributed by atoms with Crippen LogP contribution in [0.5, 0.6) is 5.75 Å². The molecule has 0 atom stereocenters. The van der Waals surface area contributed by atoms with Crippen LogP contribution in [0.15, 0.2) is 23.1 Å². The monoisotopic (exact) mass is 407 g/mol. The van der Waals surface area contributed by atoms with E-state index in [4.69, 9.17) is 9.47 Å². The number of ether oxygens (including phenoxy) is 2. The molecule has 3 rings (SSSR count). The molecule has 2 heterocycles. The van der Waals surface area contributed by atoms with Gasteiger partial charge < -0.3 is 14.4 Å². The Balaban J connectivity index is 1.76. The Hall–Kier alpha value is -2.92. The van der Waals surface area contributed by atoms with Crippen LogP contribution in [0, 0.1) is 10.1 Å². The third kappa shape index (κ3) is 4.15. The van der Waals surface area contributed by atoms with E-state index in [1.165, 1.54) is 25.3 Å². The van der Waals surface area contributed by atoms with E-state index in [1.807, 2.05) is 0 Å². The van der Waals surface area contributed by atoms with Gasteiger partial charge in [0, 0.05) is 19.2 Å². The molecule has 10 nitrogen and oxygen atoms in total. The lowest BCUT2D eigenvalue weighted by Crippen LogP contribution is -2.46. The van der Waals surface area contributed by atoms with Crippen LogP contribution in [-0.2, 0) is 14.3 Å². The van der Waals surface area contributed by atoms with Crippen molar-refractivity contribution in [1.82, 2.24) is 9.80 Å². The first-order valence-electron chi connectivity index (χ1n) is 8.34. The number of carbonyl (C=O) groups excluding carboxylic acids is 3. The van der Waals surface area contributed by atoms with Crippen molar-refractivity contribution in [3.8, 4) is 5.75 Å². The fourth-order valence-corrected chi connectivity index (χ4v) is 3.61. The van der Waals surface area contributed by atoms with Crippen LogP contribution in [0.3, 0.4) is 0 Å². The smallest absolute Gasteiger partial charge is 0.311 e. The number of thioether (sulfide) groups is 1. The zero-order valence-corrected chi connectivity index (χ0v) is 15.8. The predicted molar refractivity (Wildman–Crippen MR) is 99.7 cm³/mol. The molecule has 28 heavy (non-hydrogen) atoms. The molecule has 0 unspecified atom stereocenters. The van der Waals surface area contributed by atoms with Gasteiger partial charge in [-0.25, -0.2) is 0 Å². The highest BCUT2D eigenvalue weighted by Crippen LogP contribution is 2.34. The van der Waals surface area contributed by atoms with Gasteiger partial charge in [-0.05, 0) is 29.5 Å². The summed E-state index contributed by atoms with van der Waals surface area (Å²) in [6.07, 6.45) is 1.39. The van der Waals surface area contributed by atoms with E-state index in [0.717, 1.165) is 4.90 Å². The summed E-state index contributed by atoms with van der Waals surface area (Å²) >= 11 is 0.691. The molecule has 2 saturated heterocycles. The van der Waals surface area contributed by atoms with Gasteiger partial charge in [-0.15, -0.1) is 0 Å². The van der Waals surface area contributed by atoms with Crippen LogP contribution < -0.4 is 4.74 Å². The lowest BCUT2D eigenvalue weighted by molar-refractivity contribution is -0.385. The van der Waals surface area contributed by atoms with E-state index in [2.05, 4.69) is 0 Å². The molecule has 0 N–H and O–H groups in total. The van der Waals surface area contributed by atoms with Gasteiger partial charge >= 0.3 is 5.69 Å². The SMILES string of the molecule is COc1ccc(/C=C2\SC(=O)N(CC(=O)N3CCOCC3)C2=O)cc1[N+](=O)[O-]. The average molecular weight is 407 g/mol. The topological polar surface area (TPSA) is 119 Å². The molecule has 0 aliphatic carbocycles. The number of hydrogen-bond donors (Lipinski definition) is 0. The number of rotatable bonds is 5. The maximum absolute atomic E-state index is 12.5. The number of carbonyl (C=O) groups is 3. The summed E-state index contributed by atoms with van der Waals surface area (Å²) in [5.74, 6) is -0.839. The average Bonchev–Trinajstić information content (AvgIpc) is 2.95. The number of methoxy groups -OCH3 is 1. The number of hydrogen-bond acceptors (Lipinski definition) is 8. The van der Waals surface area contributed by atoms with Gasteiger partial charge in [-0.1, -0.05) is 6.07 Å². The van der Waals surface area contributed by atoms with Crippen LogP contribution >= 0.6 is 11.8 Å². The van der Waals surface area contributed by atoms with Crippen molar-refractivity contribution < 1.29 is 28.8 Å². The van der Waals surface area contributed by atoms with Gasteiger partial charge in [0.2, 0.25) is 5.91 Å². The van der Waals surface area contributed by atoms with Crippen LogP contribution in [0.1, 0.15) is 5.56 Å². The lowest BCUT2D eigenvalue weighted by Gasteiger charge is -2.28. The fraction of sp³-hybridized carbons (Fsp3) is 0.353. The number of morpholine rings is 1. The van der Waals surface area contributed by atoms with E-state index < -0.39 is 16.1 Å². The second-order valence-electron chi connectivity index (χ2n) is 5.95. The highest BCUT2D eigenvalue weighted by atomic mass is 32.2. The van der Waals surface area contributed by atoms with E-state index in [9.17, 15) is 24.5 Å². The summed E-state index contributed by atoms with van der Waals surface area (Å²) in [4.78, 5) is 50.1. The fourth-order valence-electron chi connectivity index (χ4n) is 2.78. The molecular formula is C17H17N3O7S. The highest BCUT2D eigenvalue weighted by Gasteiger charge is 2.37. The Morgan fingerprint density at radius 3 is 2.71 bits per heavy atom. The van der Waals surface area contributed by atoms with Crippen molar-refractivity contribution in [3.63, 3.8) is 0 Å². The Morgan fingerprint density at radius 2 is 2.07 bits per heavy atom. The van der Waals surface area contributed by atoms with Crippen LogP contribution in [-0.4, -0.2) is 71.7 Å². The predicted octanol–water partition coefficient (Wildman–Crippen LogP) is 1.50. The molecular weight excluding hydrogens is 390 g/mol. The standard InChI is InChI=1S/C17H17N3O7S/c1-26-13-3-2-11(8-12(13)20(24)25)9-14-16(22)19(17(23)28-14)10-15(21)18-4-6-27-7-5-18/h2-3,8-9H,4-7,10H2,1H3/b14-9-. The Labute approximate surface area is 164 Å². The lowest BCUT2D eigenvalue weighted by atomic mass is 10.1. The first-order chi connectivity index (χ1) is 13.4. The highest BCUT2D eigenvalue weighted by molar-refractivity contribution is 8.18. The van der Waals surface area contributed by atoms with Crippen molar-refractivity contribution >= 4 is 40.6 Å². The van der Waals surface area contributed by atoms with Crippen molar-refractivity contribution in [2.45, 2.75) is 0 Å². The Morgan fingerprint density at radius 1 is 1.36 bits per heavy atom. The summed E-state index contributed by atoms with van der Waals surface area (Å²) in [6, 6.07) is 4.21. The van der Waals surface area contributed by atoms with Gasteiger partial charge in [0.15, 0.2) is 5.75 Å². The molecule has 2 aliphatic heterocycles. The Kier molecular flexibility index (Phi) is 5.95. The molecule has 0 spiro atoms. The second kappa shape index (κ2) is 8.40. The molecule has 1 aromatic carbocycles. The summed E-state index contributed by atoms with van der Waals surface area (Å²) in [6.45, 7) is 1.33. The molecule has 148 valence electrons. The zero-order chi connectivity index (χ0) is 20.3. The minimum atomic E-state index is -0.602. The second-order valence-corrected chi connectivity index (χ2v) is 6.94. The zero-order valence-electron chi connectivity index (χ0n) is 15.0. The summed E-state index contributed by atoms with van der Waals surface area (Å²) < 4.78 is 10.1. The van der Waals surface area contributed by atoms with Crippen LogP contribution in [0.4, 0.5) is 10.5 Å². The first-order valence-corrected chi connectivity index (χ1v) is 9.15. The van der Waals surface area contributed by atoms with Crippen molar-refractivity contribution in [2.24, 2.45) is 0 Å². The molecule has 0 radical (unpaired) electrons. The maximum atomic E-state index is 12.5. The van der Waals surface area contributed by atoms with E-state index in [-0.39, 0.29) is 28.8 Å². The number of nitrogens with zero attached hydrogens (tertiary/aromatic N) is 3. The molecule has 1 aromatic rings. The third-order valence-electron chi connectivity index (χ3n) is 4.23. The van der Waals surface area contributed by atoms with Crippen molar-refractivity contribution in [1.29, 1.82) is 0 Å². The minimum Gasteiger partial charge on any atom is -0.490 e. The van der Waals surface area contributed by atoms with E-state index in [1.54, 1.807) is 11.0 Å². The third-order valence-corrected chi connectivity index (χ3v) is 5.14. The number of amides is 3. The maximum Gasteiger partial charge on any atom is 0.311 e.